The van der Waals surface area contributed by atoms with E-state index in [1.165, 1.54) is 4.31 Å². The fraction of sp³-hybridized carbons (Fsp3) is 0.250. The van der Waals surface area contributed by atoms with Crippen LogP contribution in [0.2, 0.25) is 10.0 Å². The van der Waals surface area contributed by atoms with Crippen LogP contribution < -0.4 is 4.90 Å². The van der Waals surface area contributed by atoms with Gasteiger partial charge in [-0.15, -0.1) is 0 Å². The Hall–Kier alpha value is -1.27. The van der Waals surface area contributed by atoms with E-state index in [9.17, 15) is 8.42 Å². The van der Waals surface area contributed by atoms with E-state index in [4.69, 9.17) is 23.2 Å². The van der Waals surface area contributed by atoms with Crippen molar-refractivity contribution in [2.45, 2.75) is 4.90 Å². The van der Waals surface area contributed by atoms with Crippen molar-refractivity contribution in [3.05, 3.63) is 58.6 Å². The Morgan fingerprint density at radius 1 is 0.870 bits per heavy atom. The SMILES string of the molecule is O=S(=O)(c1ccccc1)N1CCN(c2ccc(Cl)cc2Cl)CC1. The van der Waals surface area contributed by atoms with Crippen LogP contribution in [0.25, 0.3) is 0 Å². The van der Waals surface area contributed by atoms with Crippen LogP contribution in [0.1, 0.15) is 0 Å². The largest absolute Gasteiger partial charge is 0.368 e. The molecule has 0 atom stereocenters. The summed E-state index contributed by atoms with van der Waals surface area (Å²) in [5.74, 6) is 0. The van der Waals surface area contributed by atoms with Crippen molar-refractivity contribution in [3.8, 4) is 0 Å². The fourth-order valence-electron chi connectivity index (χ4n) is 2.65. The molecule has 1 fully saturated rings. The van der Waals surface area contributed by atoms with Crippen LogP contribution >= 0.6 is 23.2 Å². The van der Waals surface area contributed by atoms with Gasteiger partial charge < -0.3 is 4.90 Å². The molecule has 2 aromatic rings. The van der Waals surface area contributed by atoms with Gasteiger partial charge in [0.1, 0.15) is 0 Å². The lowest BCUT2D eigenvalue weighted by Gasteiger charge is -2.35. The topological polar surface area (TPSA) is 40.6 Å². The van der Waals surface area contributed by atoms with Gasteiger partial charge in [0.15, 0.2) is 0 Å². The number of sulfonamides is 1. The zero-order valence-corrected chi connectivity index (χ0v) is 14.7. The zero-order chi connectivity index (χ0) is 16.4. The molecule has 0 N–H and O–H groups in total. The van der Waals surface area contributed by atoms with Crippen molar-refractivity contribution in [2.24, 2.45) is 0 Å². The molecular formula is C16H16Cl2N2O2S. The Morgan fingerprint density at radius 3 is 2.13 bits per heavy atom. The van der Waals surface area contributed by atoms with Crippen molar-refractivity contribution in [1.29, 1.82) is 0 Å². The molecule has 0 saturated carbocycles. The lowest BCUT2D eigenvalue weighted by atomic mass is 10.2. The number of piperazine rings is 1. The van der Waals surface area contributed by atoms with Crippen LogP contribution in [0, 0.1) is 0 Å². The Kier molecular flexibility index (Phi) is 4.82. The Morgan fingerprint density at radius 2 is 1.52 bits per heavy atom. The summed E-state index contributed by atoms with van der Waals surface area (Å²) in [5.41, 5.74) is 0.882. The maximum atomic E-state index is 12.6. The van der Waals surface area contributed by atoms with E-state index in [-0.39, 0.29) is 0 Å². The van der Waals surface area contributed by atoms with Gasteiger partial charge in [0.05, 0.1) is 15.6 Å². The van der Waals surface area contributed by atoms with Gasteiger partial charge in [-0.2, -0.15) is 4.31 Å². The maximum absolute atomic E-state index is 12.6. The monoisotopic (exact) mass is 370 g/mol. The summed E-state index contributed by atoms with van der Waals surface area (Å²) in [5, 5.41) is 1.17. The third kappa shape index (κ3) is 3.48. The summed E-state index contributed by atoms with van der Waals surface area (Å²) in [6, 6.07) is 13.9. The van der Waals surface area contributed by atoms with E-state index in [2.05, 4.69) is 4.90 Å². The second-order valence-electron chi connectivity index (χ2n) is 5.30. The summed E-state index contributed by atoms with van der Waals surface area (Å²) < 4.78 is 26.7. The Labute approximate surface area is 146 Å². The molecule has 0 bridgehead atoms. The lowest BCUT2D eigenvalue weighted by molar-refractivity contribution is 0.385. The van der Waals surface area contributed by atoms with Crippen molar-refractivity contribution in [3.63, 3.8) is 0 Å². The highest BCUT2D eigenvalue weighted by Crippen LogP contribution is 2.30. The lowest BCUT2D eigenvalue weighted by Crippen LogP contribution is -2.48. The maximum Gasteiger partial charge on any atom is 0.243 e. The summed E-state index contributed by atoms with van der Waals surface area (Å²) in [6.45, 7) is 2.03. The first-order valence-corrected chi connectivity index (χ1v) is 9.43. The van der Waals surface area contributed by atoms with Crippen molar-refractivity contribution in [2.75, 3.05) is 31.1 Å². The number of benzene rings is 2. The van der Waals surface area contributed by atoms with Gasteiger partial charge in [0.2, 0.25) is 10.0 Å². The number of anilines is 1. The fourth-order valence-corrected chi connectivity index (χ4v) is 4.62. The summed E-state index contributed by atoms with van der Waals surface area (Å²) in [4.78, 5) is 2.41. The summed E-state index contributed by atoms with van der Waals surface area (Å²) in [7, 11) is -3.43. The van der Waals surface area contributed by atoms with Crippen LogP contribution in [0.15, 0.2) is 53.4 Å². The van der Waals surface area contributed by atoms with Crippen molar-refractivity contribution < 1.29 is 8.42 Å². The minimum absolute atomic E-state index is 0.331. The average Bonchev–Trinajstić information content (AvgIpc) is 2.56. The smallest absolute Gasteiger partial charge is 0.243 e. The molecule has 0 unspecified atom stereocenters. The highest BCUT2D eigenvalue weighted by atomic mass is 35.5. The molecule has 2 aromatic carbocycles. The molecule has 122 valence electrons. The normalized spacial score (nSPS) is 16.5. The van der Waals surface area contributed by atoms with Gasteiger partial charge in [-0.1, -0.05) is 41.4 Å². The molecule has 0 amide bonds. The van der Waals surface area contributed by atoms with Crippen molar-refractivity contribution in [1.82, 2.24) is 4.31 Å². The van der Waals surface area contributed by atoms with Gasteiger partial charge in [-0.05, 0) is 30.3 Å². The second kappa shape index (κ2) is 6.69. The van der Waals surface area contributed by atoms with Gasteiger partial charge in [-0.3, -0.25) is 0 Å². The van der Waals surface area contributed by atoms with Gasteiger partial charge in [-0.25, -0.2) is 8.42 Å². The summed E-state index contributed by atoms with van der Waals surface area (Å²) in [6.07, 6.45) is 0. The molecule has 3 rings (SSSR count). The minimum Gasteiger partial charge on any atom is -0.368 e. The third-order valence-electron chi connectivity index (χ3n) is 3.87. The van der Waals surface area contributed by atoms with E-state index in [0.29, 0.717) is 41.1 Å². The quantitative estimate of drug-likeness (QED) is 0.829. The van der Waals surface area contributed by atoms with E-state index >= 15 is 0 Å². The molecule has 23 heavy (non-hydrogen) atoms. The van der Waals surface area contributed by atoms with Gasteiger partial charge >= 0.3 is 0 Å². The molecule has 0 radical (unpaired) electrons. The Balaban J connectivity index is 1.74. The van der Waals surface area contributed by atoms with E-state index < -0.39 is 10.0 Å². The van der Waals surface area contributed by atoms with Crippen LogP contribution in [0.3, 0.4) is 0 Å². The summed E-state index contributed by atoms with van der Waals surface area (Å²) >= 11 is 12.1. The predicted octanol–water partition coefficient (Wildman–Crippen LogP) is 3.50. The number of nitrogens with zero attached hydrogens (tertiary/aromatic N) is 2. The van der Waals surface area contributed by atoms with Crippen LogP contribution in [0.4, 0.5) is 5.69 Å². The Bertz CT molecular complexity index is 789. The number of halogens is 2. The van der Waals surface area contributed by atoms with Crippen LogP contribution in [-0.4, -0.2) is 38.9 Å². The molecule has 0 spiro atoms. The standard InChI is InChI=1S/C16H16Cl2N2O2S/c17-13-6-7-16(15(18)12-13)19-8-10-20(11-9-19)23(21,22)14-4-2-1-3-5-14/h1-7,12H,8-11H2. The third-order valence-corrected chi connectivity index (χ3v) is 6.32. The first kappa shape index (κ1) is 16.6. The minimum atomic E-state index is -3.43. The van der Waals surface area contributed by atoms with Crippen LogP contribution in [-0.2, 0) is 10.0 Å². The molecule has 1 aliphatic rings. The number of hydrogen-bond donors (Lipinski definition) is 0. The highest BCUT2D eigenvalue weighted by Gasteiger charge is 2.28. The average molecular weight is 371 g/mol. The molecule has 0 aliphatic carbocycles. The molecule has 1 saturated heterocycles. The first-order chi connectivity index (χ1) is 11.0. The van der Waals surface area contributed by atoms with Gasteiger partial charge in [0, 0.05) is 31.2 Å². The molecule has 1 aliphatic heterocycles. The van der Waals surface area contributed by atoms with E-state index in [0.717, 1.165) is 5.69 Å². The molecule has 7 heteroatoms. The van der Waals surface area contributed by atoms with Crippen LogP contribution in [0.5, 0.6) is 0 Å². The zero-order valence-electron chi connectivity index (χ0n) is 12.3. The number of rotatable bonds is 3. The molecule has 0 aromatic heterocycles. The van der Waals surface area contributed by atoms with Crippen molar-refractivity contribution >= 4 is 38.9 Å². The second-order valence-corrected chi connectivity index (χ2v) is 8.08. The number of hydrogen-bond acceptors (Lipinski definition) is 3. The molecule has 4 nitrogen and oxygen atoms in total. The first-order valence-electron chi connectivity index (χ1n) is 7.24. The molecule has 1 heterocycles. The van der Waals surface area contributed by atoms with E-state index in [1.807, 2.05) is 6.07 Å². The van der Waals surface area contributed by atoms with Gasteiger partial charge in [0.25, 0.3) is 0 Å². The van der Waals surface area contributed by atoms with E-state index in [1.54, 1.807) is 42.5 Å². The molecular weight excluding hydrogens is 355 g/mol. The predicted molar refractivity (Wildman–Crippen MR) is 93.9 cm³/mol. The highest BCUT2D eigenvalue weighted by molar-refractivity contribution is 7.89.